The van der Waals surface area contributed by atoms with E-state index in [1.165, 1.54) is 0 Å². The van der Waals surface area contributed by atoms with E-state index in [1.54, 1.807) is 0 Å². The highest BCUT2D eigenvalue weighted by Gasteiger charge is 1.98. The van der Waals surface area contributed by atoms with Gasteiger partial charge < -0.3 is 5.73 Å². The molecule has 0 saturated heterocycles. The van der Waals surface area contributed by atoms with Crippen LogP contribution in [0.5, 0.6) is 0 Å². The van der Waals surface area contributed by atoms with Gasteiger partial charge in [0.15, 0.2) is 0 Å². The Morgan fingerprint density at radius 3 is 2.64 bits per heavy atom. The van der Waals surface area contributed by atoms with Crippen LogP contribution in [0.15, 0.2) is 0 Å². The average Bonchev–Trinajstić information content (AvgIpc) is 2.01. The Hall–Kier alpha value is -0.520. The van der Waals surface area contributed by atoms with Crippen LogP contribution in [0, 0.1) is 12.3 Å². The number of hydrogen-bond donors (Lipinski definition) is 1. The molecule has 0 saturated carbocycles. The molecule has 0 aromatic heterocycles. The van der Waals surface area contributed by atoms with Crippen molar-refractivity contribution in [1.29, 1.82) is 0 Å². The molecular formula is C9H18N2. The van der Waals surface area contributed by atoms with Crippen LogP contribution in [-0.2, 0) is 0 Å². The molecule has 0 fully saturated rings. The third-order valence-corrected chi connectivity index (χ3v) is 1.53. The zero-order valence-electron chi connectivity index (χ0n) is 7.34. The third kappa shape index (κ3) is 5.90. The molecule has 0 heterocycles. The SMILES string of the molecule is C#CCN(CCC)CCCN. The first-order valence-corrected chi connectivity index (χ1v) is 4.21. The summed E-state index contributed by atoms with van der Waals surface area (Å²) in [6, 6.07) is 0. The predicted octanol–water partition coefficient (Wildman–Crippen LogP) is 0.680. The summed E-state index contributed by atoms with van der Waals surface area (Å²) in [6.45, 7) is 5.79. The van der Waals surface area contributed by atoms with Crippen LogP contribution in [0.1, 0.15) is 19.8 Å². The highest BCUT2D eigenvalue weighted by atomic mass is 15.1. The monoisotopic (exact) mass is 154 g/mol. The Morgan fingerprint density at radius 1 is 1.45 bits per heavy atom. The fourth-order valence-electron chi connectivity index (χ4n) is 1.03. The highest BCUT2D eigenvalue weighted by Crippen LogP contribution is 1.91. The average molecular weight is 154 g/mol. The zero-order valence-corrected chi connectivity index (χ0v) is 7.34. The Labute approximate surface area is 69.8 Å². The maximum atomic E-state index is 5.39. The van der Waals surface area contributed by atoms with Gasteiger partial charge in [-0.1, -0.05) is 12.8 Å². The molecule has 0 amide bonds. The van der Waals surface area contributed by atoms with Crippen molar-refractivity contribution in [3.8, 4) is 12.3 Å². The Bertz CT molecular complexity index is 115. The molecule has 2 heteroatoms. The van der Waals surface area contributed by atoms with Crippen molar-refractivity contribution in [3.05, 3.63) is 0 Å². The number of terminal acetylenes is 1. The summed E-state index contributed by atoms with van der Waals surface area (Å²) in [5.41, 5.74) is 5.39. The van der Waals surface area contributed by atoms with E-state index in [0.29, 0.717) is 0 Å². The second kappa shape index (κ2) is 7.59. The van der Waals surface area contributed by atoms with E-state index in [-0.39, 0.29) is 0 Å². The first-order chi connectivity index (χ1) is 5.35. The minimum atomic E-state index is 0.755. The van der Waals surface area contributed by atoms with Gasteiger partial charge in [0.05, 0.1) is 6.54 Å². The van der Waals surface area contributed by atoms with Gasteiger partial charge in [-0.3, -0.25) is 4.90 Å². The van der Waals surface area contributed by atoms with E-state index >= 15 is 0 Å². The first kappa shape index (κ1) is 10.5. The van der Waals surface area contributed by atoms with E-state index in [2.05, 4.69) is 17.7 Å². The maximum Gasteiger partial charge on any atom is 0.0598 e. The summed E-state index contributed by atoms with van der Waals surface area (Å²) in [5, 5.41) is 0. The maximum absolute atomic E-state index is 5.39. The van der Waals surface area contributed by atoms with Gasteiger partial charge in [-0.25, -0.2) is 0 Å². The number of hydrogen-bond acceptors (Lipinski definition) is 2. The molecule has 0 unspecified atom stereocenters. The number of nitrogens with two attached hydrogens (primary N) is 1. The summed E-state index contributed by atoms with van der Waals surface area (Å²) in [6.07, 6.45) is 7.41. The van der Waals surface area contributed by atoms with Gasteiger partial charge in [0.2, 0.25) is 0 Å². The number of nitrogens with zero attached hydrogens (tertiary/aromatic N) is 1. The summed E-state index contributed by atoms with van der Waals surface area (Å²) < 4.78 is 0. The van der Waals surface area contributed by atoms with Gasteiger partial charge in [0.1, 0.15) is 0 Å². The smallest absolute Gasteiger partial charge is 0.0598 e. The second-order valence-electron chi connectivity index (χ2n) is 2.62. The molecule has 64 valence electrons. The standard InChI is InChI=1S/C9H18N2/c1-3-7-11(8-4-2)9-5-6-10/h1H,4-10H2,2H3. The lowest BCUT2D eigenvalue weighted by Crippen LogP contribution is -2.27. The van der Waals surface area contributed by atoms with E-state index in [1.807, 2.05) is 0 Å². The molecule has 0 radical (unpaired) electrons. The molecule has 2 nitrogen and oxygen atoms in total. The summed E-state index contributed by atoms with van der Waals surface area (Å²) >= 11 is 0. The quantitative estimate of drug-likeness (QED) is 0.570. The molecule has 11 heavy (non-hydrogen) atoms. The minimum Gasteiger partial charge on any atom is -0.330 e. The molecule has 0 aliphatic carbocycles. The molecule has 0 aromatic carbocycles. The molecule has 0 aliphatic heterocycles. The minimum absolute atomic E-state index is 0.755. The lowest BCUT2D eigenvalue weighted by atomic mass is 10.3. The van der Waals surface area contributed by atoms with Gasteiger partial charge in [-0.2, -0.15) is 0 Å². The molecule has 0 rings (SSSR count). The fraction of sp³-hybridized carbons (Fsp3) is 0.778. The van der Waals surface area contributed by atoms with Gasteiger partial charge in [0, 0.05) is 6.54 Å². The Kier molecular flexibility index (Phi) is 7.23. The van der Waals surface area contributed by atoms with E-state index < -0.39 is 0 Å². The Morgan fingerprint density at radius 2 is 2.18 bits per heavy atom. The molecule has 2 N–H and O–H groups in total. The van der Waals surface area contributed by atoms with Crippen molar-refractivity contribution < 1.29 is 0 Å². The van der Waals surface area contributed by atoms with E-state index in [9.17, 15) is 0 Å². The summed E-state index contributed by atoms with van der Waals surface area (Å²) in [7, 11) is 0. The second-order valence-corrected chi connectivity index (χ2v) is 2.62. The van der Waals surface area contributed by atoms with Gasteiger partial charge in [-0.15, -0.1) is 6.42 Å². The van der Waals surface area contributed by atoms with Crippen LogP contribution >= 0.6 is 0 Å². The topological polar surface area (TPSA) is 29.3 Å². The summed E-state index contributed by atoms with van der Waals surface area (Å²) in [4.78, 5) is 2.26. The largest absolute Gasteiger partial charge is 0.330 e. The van der Waals surface area contributed by atoms with E-state index in [4.69, 9.17) is 12.2 Å². The van der Waals surface area contributed by atoms with Crippen LogP contribution in [-0.4, -0.2) is 31.1 Å². The van der Waals surface area contributed by atoms with E-state index in [0.717, 1.165) is 39.0 Å². The zero-order chi connectivity index (χ0) is 8.53. The van der Waals surface area contributed by atoms with Crippen molar-refractivity contribution >= 4 is 0 Å². The third-order valence-electron chi connectivity index (χ3n) is 1.53. The van der Waals surface area contributed by atoms with Crippen LogP contribution in [0.3, 0.4) is 0 Å². The van der Waals surface area contributed by atoms with Crippen molar-refractivity contribution in [2.75, 3.05) is 26.2 Å². The van der Waals surface area contributed by atoms with Crippen LogP contribution in [0.2, 0.25) is 0 Å². The predicted molar refractivity (Wildman–Crippen MR) is 49.2 cm³/mol. The molecule has 0 spiro atoms. The van der Waals surface area contributed by atoms with Crippen molar-refractivity contribution in [2.24, 2.45) is 5.73 Å². The molecule has 0 atom stereocenters. The van der Waals surface area contributed by atoms with Crippen LogP contribution in [0.4, 0.5) is 0 Å². The molecule has 0 aromatic rings. The van der Waals surface area contributed by atoms with Gasteiger partial charge in [-0.05, 0) is 25.9 Å². The van der Waals surface area contributed by atoms with Crippen LogP contribution < -0.4 is 5.73 Å². The van der Waals surface area contributed by atoms with Gasteiger partial charge >= 0.3 is 0 Å². The van der Waals surface area contributed by atoms with Crippen molar-refractivity contribution in [1.82, 2.24) is 4.90 Å². The van der Waals surface area contributed by atoms with Crippen molar-refractivity contribution in [2.45, 2.75) is 19.8 Å². The lowest BCUT2D eigenvalue weighted by Gasteiger charge is -2.17. The van der Waals surface area contributed by atoms with Crippen molar-refractivity contribution in [3.63, 3.8) is 0 Å². The highest BCUT2D eigenvalue weighted by molar-refractivity contribution is 4.87. The Balaban J connectivity index is 3.44. The molecule has 0 bridgehead atoms. The number of rotatable bonds is 6. The van der Waals surface area contributed by atoms with Gasteiger partial charge in [0.25, 0.3) is 0 Å². The molecule has 0 aliphatic rings. The van der Waals surface area contributed by atoms with Crippen LogP contribution in [0.25, 0.3) is 0 Å². The molecular weight excluding hydrogens is 136 g/mol. The summed E-state index contributed by atoms with van der Waals surface area (Å²) in [5.74, 6) is 2.65. The fourth-order valence-corrected chi connectivity index (χ4v) is 1.03. The lowest BCUT2D eigenvalue weighted by molar-refractivity contribution is 0.305. The first-order valence-electron chi connectivity index (χ1n) is 4.21. The normalized spacial score (nSPS) is 10.0.